The third-order valence-corrected chi connectivity index (χ3v) is 5.59. The molecule has 0 radical (unpaired) electrons. The maximum absolute atomic E-state index is 5.68. The number of benzene rings is 1. The summed E-state index contributed by atoms with van der Waals surface area (Å²) in [7, 11) is 0. The van der Waals surface area contributed by atoms with E-state index >= 15 is 0 Å². The van der Waals surface area contributed by atoms with Crippen molar-refractivity contribution in [3.8, 4) is 0 Å². The molecule has 2 aliphatic rings. The van der Waals surface area contributed by atoms with E-state index in [1.54, 1.807) is 5.56 Å². The van der Waals surface area contributed by atoms with Crippen molar-refractivity contribution in [1.29, 1.82) is 0 Å². The van der Waals surface area contributed by atoms with Gasteiger partial charge in [0.2, 0.25) is 0 Å². The smallest absolute Gasteiger partial charge is 0.0354 e. The fourth-order valence-electron chi connectivity index (χ4n) is 3.76. The molecule has 0 aromatic heterocycles. The molecule has 2 N–H and O–H groups in total. The number of piperidine rings is 1. The van der Waals surface area contributed by atoms with Crippen LogP contribution in [0.5, 0.6) is 0 Å². The molecule has 2 nitrogen and oxygen atoms in total. The molecule has 0 saturated carbocycles. The van der Waals surface area contributed by atoms with Gasteiger partial charge in [0.1, 0.15) is 0 Å². The predicted molar refractivity (Wildman–Crippen MR) is 83.2 cm³/mol. The molecule has 1 aliphatic carbocycles. The Morgan fingerprint density at radius 3 is 2.74 bits per heavy atom. The highest BCUT2D eigenvalue weighted by atomic mass is 79.9. The first-order chi connectivity index (χ1) is 9.29. The van der Waals surface area contributed by atoms with Crippen LogP contribution < -0.4 is 5.73 Å². The minimum atomic E-state index is 0.659. The van der Waals surface area contributed by atoms with Crippen LogP contribution in [0.25, 0.3) is 0 Å². The third-order valence-electron chi connectivity index (χ3n) is 4.85. The van der Waals surface area contributed by atoms with Gasteiger partial charge in [-0.25, -0.2) is 0 Å². The van der Waals surface area contributed by atoms with Crippen molar-refractivity contribution < 1.29 is 0 Å². The van der Waals surface area contributed by atoms with E-state index in [2.05, 4.69) is 39.0 Å². The van der Waals surface area contributed by atoms with Crippen molar-refractivity contribution in [3.63, 3.8) is 0 Å². The Morgan fingerprint density at radius 1 is 1.21 bits per heavy atom. The first kappa shape index (κ1) is 13.6. The van der Waals surface area contributed by atoms with Crippen LogP contribution in [-0.4, -0.2) is 24.5 Å². The Balaban J connectivity index is 1.68. The Hall–Kier alpha value is -0.380. The summed E-state index contributed by atoms with van der Waals surface area (Å²) in [5, 5.41) is 0. The Bertz CT molecular complexity index is 438. The quantitative estimate of drug-likeness (QED) is 0.922. The number of nitrogens with two attached hydrogens (primary N) is 1. The molecule has 1 unspecified atom stereocenters. The molecule has 19 heavy (non-hydrogen) atoms. The van der Waals surface area contributed by atoms with Gasteiger partial charge in [0, 0.05) is 10.5 Å². The lowest BCUT2D eigenvalue weighted by molar-refractivity contribution is 0.129. The molecular formula is C16H23BrN2. The minimum absolute atomic E-state index is 0.659. The van der Waals surface area contributed by atoms with Crippen molar-refractivity contribution in [2.24, 2.45) is 11.7 Å². The summed E-state index contributed by atoms with van der Waals surface area (Å²) in [5.41, 5.74) is 8.78. The van der Waals surface area contributed by atoms with Gasteiger partial charge in [-0.1, -0.05) is 28.1 Å². The molecule has 0 spiro atoms. The molecule has 0 bridgehead atoms. The van der Waals surface area contributed by atoms with Crippen LogP contribution in [0.2, 0.25) is 0 Å². The molecule has 1 atom stereocenters. The summed E-state index contributed by atoms with van der Waals surface area (Å²) >= 11 is 3.70. The van der Waals surface area contributed by atoms with E-state index in [1.807, 2.05) is 0 Å². The maximum Gasteiger partial charge on any atom is 0.0354 e. The van der Waals surface area contributed by atoms with Crippen molar-refractivity contribution in [2.45, 2.75) is 38.1 Å². The highest BCUT2D eigenvalue weighted by Gasteiger charge is 2.31. The maximum atomic E-state index is 5.68. The molecule has 104 valence electrons. The van der Waals surface area contributed by atoms with E-state index in [9.17, 15) is 0 Å². The van der Waals surface area contributed by atoms with E-state index in [-0.39, 0.29) is 0 Å². The Kier molecular flexibility index (Phi) is 4.25. The van der Waals surface area contributed by atoms with E-state index in [0.717, 1.165) is 12.5 Å². The molecule has 1 aromatic rings. The van der Waals surface area contributed by atoms with E-state index < -0.39 is 0 Å². The van der Waals surface area contributed by atoms with Gasteiger partial charge in [-0.15, -0.1) is 0 Å². The van der Waals surface area contributed by atoms with E-state index in [4.69, 9.17) is 5.73 Å². The van der Waals surface area contributed by atoms with Gasteiger partial charge in [0.25, 0.3) is 0 Å². The summed E-state index contributed by atoms with van der Waals surface area (Å²) in [4.78, 5) is 2.70. The lowest BCUT2D eigenvalue weighted by atomic mass is 9.92. The van der Waals surface area contributed by atoms with Gasteiger partial charge in [-0.2, -0.15) is 0 Å². The average Bonchev–Trinajstić information content (AvgIpc) is 2.85. The molecule has 1 saturated heterocycles. The van der Waals surface area contributed by atoms with Gasteiger partial charge in [0.05, 0.1) is 0 Å². The van der Waals surface area contributed by atoms with Crippen LogP contribution in [0.3, 0.4) is 0 Å². The van der Waals surface area contributed by atoms with Crippen LogP contribution in [0.1, 0.15) is 42.9 Å². The Morgan fingerprint density at radius 2 is 2.00 bits per heavy atom. The zero-order chi connectivity index (χ0) is 13.2. The topological polar surface area (TPSA) is 29.3 Å². The third kappa shape index (κ3) is 2.74. The van der Waals surface area contributed by atoms with Gasteiger partial charge in [-0.05, 0) is 74.8 Å². The normalized spacial score (nSPS) is 24.6. The molecule has 3 rings (SSSR count). The van der Waals surface area contributed by atoms with Gasteiger partial charge in [0.15, 0.2) is 0 Å². The van der Waals surface area contributed by atoms with Crippen LogP contribution in [0, 0.1) is 5.92 Å². The lowest BCUT2D eigenvalue weighted by Crippen LogP contribution is -2.36. The summed E-state index contributed by atoms with van der Waals surface area (Å²) < 4.78 is 1.30. The number of hydrogen-bond acceptors (Lipinski definition) is 2. The van der Waals surface area contributed by atoms with Crippen LogP contribution in [0.15, 0.2) is 22.7 Å². The molecule has 3 heteroatoms. The average molecular weight is 323 g/mol. The number of likely N-dealkylation sites (tertiary alicyclic amines) is 1. The lowest BCUT2D eigenvalue weighted by Gasteiger charge is -2.36. The second-order valence-electron chi connectivity index (χ2n) is 5.92. The molecule has 1 heterocycles. The fraction of sp³-hybridized carbons (Fsp3) is 0.625. The monoisotopic (exact) mass is 322 g/mol. The molecule has 1 fully saturated rings. The number of rotatable bonds is 3. The minimum Gasteiger partial charge on any atom is -0.330 e. The molecular weight excluding hydrogens is 300 g/mol. The molecule has 1 aliphatic heterocycles. The predicted octanol–water partition coefficient (Wildman–Crippen LogP) is 3.50. The van der Waals surface area contributed by atoms with Crippen LogP contribution in [0.4, 0.5) is 0 Å². The van der Waals surface area contributed by atoms with Crippen LogP contribution >= 0.6 is 15.9 Å². The Labute approximate surface area is 124 Å². The van der Waals surface area contributed by atoms with E-state index in [0.29, 0.717) is 6.04 Å². The first-order valence-electron chi connectivity index (χ1n) is 7.51. The van der Waals surface area contributed by atoms with Crippen molar-refractivity contribution in [3.05, 3.63) is 33.8 Å². The van der Waals surface area contributed by atoms with Gasteiger partial charge in [-0.3, -0.25) is 4.90 Å². The second kappa shape index (κ2) is 5.94. The largest absolute Gasteiger partial charge is 0.330 e. The molecule has 1 aromatic carbocycles. The number of halogens is 1. The summed E-state index contributed by atoms with van der Waals surface area (Å²) in [6, 6.07) is 7.34. The highest BCUT2D eigenvalue weighted by molar-refractivity contribution is 9.10. The van der Waals surface area contributed by atoms with Gasteiger partial charge >= 0.3 is 0 Å². The fourth-order valence-corrected chi connectivity index (χ4v) is 4.34. The number of fused-ring (bicyclic) bond motifs is 1. The summed E-state index contributed by atoms with van der Waals surface area (Å²) in [6.07, 6.45) is 6.39. The van der Waals surface area contributed by atoms with Gasteiger partial charge < -0.3 is 5.73 Å². The number of nitrogens with zero attached hydrogens (tertiary/aromatic N) is 1. The van der Waals surface area contributed by atoms with Crippen molar-refractivity contribution in [1.82, 2.24) is 4.90 Å². The van der Waals surface area contributed by atoms with Crippen LogP contribution in [-0.2, 0) is 6.42 Å². The second-order valence-corrected chi connectivity index (χ2v) is 6.77. The van der Waals surface area contributed by atoms with Crippen molar-refractivity contribution in [2.75, 3.05) is 19.6 Å². The zero-order valence-electron chi connectivity index (χ0n) is 11.4. The number of hydrogen-bond donors (Lipinski definition) is 1. The van der Waals surface area contributed by atoms with E-state index in [1.165, 1.54) is 55.2 Å². The standard InChI is InChI=1S/C16H23BrN2/c17-15-3-1-2-14-13(15)4-5-16(14)19-10-7-12(6-9-18)8-11-19/h1-3,12,16H,4-11,18H2. The van der Waals surface area contributed by atoms with Crippen molar-refractivity contribution >= 4 is 15.9 Å². The molecule has 0 amide bonds. The zero-order valence-corrected chi connectivity index (χ0v) is 13.0. The summed E-state index contributed by atoms with van der Waals surface area (Å²) in [5.74, 6) is 0.865. The highest BCUT2D eigenvalue weighted by Crippen LogP contribution is 2.40. The summed E-state index contributed by atoms with van der Waals surface area (Å²) in [6.45, 7) is 3.35. The SMILES string of the molecule is NCCC1CCN(C2CCc3c(Br)cccc32)CC1. The first-order valence-corrected chi connectivity index (χ1v) is 8.30.